The second-order valence-electron chi connectivity index (χ2n) is 5.43. The summed E-state index contributed by atoms with van der Waals surface area (Å²) in [6.45, 7) is 0. The molecule has 3 aromatic rings. The smallest absolute Gasteiger partial charge is 0.340 e. The molecule has 0 amide bonds. The Morgan fingerprint density at radius 1 is 1.19 bits per heavy atom. The van der Waals surface area contributed by atoms with E-state index in [0.29, 0.717) is 15.7 Å². The Balaban J connectivity index is 1.78. The average Bonchev–Trinajstić information content (AvgIpc) is 3.04. The minimum atomic E-state index is -0.396. The first kappa shape index (κ1) is 18.0. The van der Waals surface area contributed by atoms with E-state index in [2.05, 4.69) is 27.8 Å². The van der Waals surface area contributed by atoms with Crippen molar-refractivity contribution in [1.29, 1.82) is 0 Å². The molecule has 3 rings (SSSR count). The van der Waals surface area contributed by atoms with Crippen LogP contribution in [0.4, 0.5) is 10.7 Å². The van der Waals surface area contributed by atoms with Gasteiger partial charge in [-0.15, -0.1) is 11.3 Å². The molecule has 5 nitrogen and oxygen atoms in total. The van der Waals surface area contributed by atoms with Gasteiger partial charge in [-0.3, -0.25) is 4.98 Å². The number of carbonyl (C=O) groups excluding carboxylic acids is 1. The van der Waals surface area contributed by atoms with E-state index >= 15 is 0 Å². The summed E-state index contributed by atoms with van der Waals surface area (Å²) in [5, 5.41) is 7.18. The molecule has 0 aliphatic rings. The zero-order valence-corrected chi connectivity index (χ0v) is 15.7. The molecule has 26 heavy (non-hydrogen) atoms. The van der Waals surface area contributed by atoms with E-state index < -0.39 is 5.97 Å². The normalized spacial score (nSPS) is 10.2. The Hall–Kier alpha value is -2.77. The molecule has 0 fully saturated rings. The van der Waals surface area contributed by atoms with Crippen molar-refractivity contribution in [3.63, 3.8) is 0 Å². The molecule has 0 saturated heterocycles. The van der Waals surface area contributed by atoms with Crippen molar-refractivity contribution in [2.45, 2.75) is 6.42 Å². The number of nitrogens with one attached hydrogen (secondary N) is 2. The van der Waals surface area contributed by atoms with Gasteiger partial charge in [-0.1, -0.05) is 30.3 Å². The third kappa shape index (κ3) is 4.65. The predicted octanol–water partition coefficient (Wildman–Crippen LogP) is 4.33. The first-order valence-electron chi connectivity index (χ1n) is 7.88. The van der Waals surface area contributed by atoms with Gasteiger partial charge in [0.25, 0.3) is 0 Å². The number of benzene rings is 1. The van der Waals surface area contributed by atoms with Crippen LogP contribution in [0.15, 0.2) is 60.9 Å². The fourth-order valence-electron chi connectivity index (χ4n) is 2.38. The van der Waals surface area contributed by atoms with Crippen LogP contribution in [0.3, 0.4) is 0 Å². The number of nitrogens with zero attached hydrogens (tertiary/aromatic N) is 1. The number of methoxy groups -OCH3 is 1. The van der Waals surface area contributed by atoms with Gasteiger partial charge in [0, 0.05) is 17.5 Å². The summed E-state index contributed by atoms with van der Waals surface area (Å²) in [6, 6.07) is 15.6. The molecule has 1 aromatic carbocycles. The van der Waals surface area contributed by atoms with Crippen LogP contribution in [0.25, 0.3) is 0 Å². The second kappa shape index (κ2) is 8.55. The maximum atomic E-state index is 12.1. The summed E-state index contributed by atoms with van der Waals surface area (Å²) in [6.07, 6.45) is 4.09. The fraction of sp³-hybridized carbons (Fsp3) is 0.105. The highest BCUT2D eigenvalue weighted by Gasteiger charge is 2.18. The Morgan fingerprint density at radius 2 is 2.00 bits per heavy atom. The van der Waals surface area contributed by atoms with Crippen molar-refractivity contribution in [3.8, 4) is 0 Å². The third-order valence-electron chi connectivity index (χ3n) is 3.56. The maximum Gasteiger partial charge on any atom is 0.340 e. The number of anilines is 2. The van der Waals surface area contributed by atoms with E-state index in [1.54, 1.807) is 12.4 Å². The van der Waals surface area contributed by atoms with Crippen molar-refractivity contribution in [3.05, 3.63) is 76.9 Å². The molecule has 2 aromatic heterocycles. The van der Waals surface area contributed by atoms with Gasteiger partial charge in [-0.2, -0.15) is 0 Å². The molecule has 0 aliphatic carbocycles. The molecule has 0 atom stereocenters. The lowest BCUT2D eigenvalue weighted by Crippen LogP contribution is -2.19. The first-order valence-corrected chi connectivity index (χ1v) is 9.11. The molecule has 2 N–H and O–H groups in total. The van der Waals surface area contributed by atoms with Crippen molar-refractivity contribution in [2.24, 2.45) is 0 Å². The Bertz CT molecular complexity index is 896. The largest absolute Gasteiger partial charge is 0.465 e. The SMILES string of the molecule is COC(=O)c1cc(Cc2ccccc2)sc1NC(=S)Nc1cccnc1. The second-order valence-corrected chi connectivity index (χ2v) is 6.98. The standard InChI is InChI=1S/C19H17N3O2S2/c1-24-18(23)16-11-15(10-13-6-3-2-4-7-13)26-17(16)22-19(25)21-14-8-5-9-20-12-14/h2-9,11-12H,10H2,1H3,(H2,21,22,25). The summed E-state index contributed by atoms with van der Waals surface area (Å²) in [5.74, 6) is -0.396. The van der Waals surface area contributed by atoms with Crippen LogP contribution in [0.5, 0.6) is 0 Å². The number of hydrogen-bond donors (Lipinski definition) is 2. The van der Waals surface area contributed by atoms with Gasteiger partial charge in [-0.25, -0.2) is 4.79 Å². The highest BCUT2D eigenvalue weighted by molar-refractivity contribution is 7.80. The van der Waals surface area contributed by atoms with Crippen molar-refractivity contribution >= 4 is 45.3 Å². The first-order chi connectivity index (χ1) is 12.7. The quantitative estimate of drug-likeness (QED) is 0.505. The van der Waals surface area contributed by atoms with Crippen molar-refractivity contribution in [1.82, 2.24) is 4.98 Å². The Labute approximate surface area is 161 Å². The van der Waals surface area contributed by atoms with E-state index in [9.17, 15) is 4.79 Å². The average molecular weight is 383 g/mol. The maximum absolute atomic E-state index is 12.1. The number of thiophene rings is 1. The summed E-state index contributed by atoms with van der Waals surface area (Å²) in [5.41, 5.74) is 2.41. The molecule has 0 aliphatic heterocycles. The number of pyridine rings is 1. The number of rotatable bonds is 5. The van der Waals surface area contributed by atoms with Crippen LogP contribution in [0.1, 0.15) is 20.8 Å². The zero-order valence-electron chi connectivity index (χ0n) is 14.1. The van der Waals surface area contributed by atoms with Crippen LogP contribution in [-0.2, 0) is 11.2 Å². The monoisotopic (exact) mass is 383 g/mol. The lowest BCUT2D eigenvalue weighted by atomic mass is 10.1. The van der Waals surface area contributed by atoms with Crippen LogP contribution < -0.4 is 10.6 Å². The minimum absolute atomic E-state index is 0.385. The van der Waals surface area contributed by atoms with E-state index in [1.807, 2.05) is 36.4 Å². The van der Waals surface area contributed by atoms with Gasteiger partial charge in [0.1, 0.15) is 5.00 Å². The molecule has 0 spiro atoms. The highest BCUT2D eigenvalue weighted by atomic mass is 32.1. The summed E-state index contributed by atoms with van der Waals surface area (Å²) >= 11 is 6.83. The van der Waals surface area contributed by atoms with Crippen molar-refractivity contribution in [2.75, 3.05) is 17.7 Å². The minimum Gasteiger partial charge on any atom is -0.465 e. The van der Waals surface area contributed by atoms with Crippen LogP contribution in [-0.4, -0.2) is 23.2 Å². The van der Waals surface area contributed by atoms with Gasteiger partial charge in [-0.05, 0) is 36.0 Å². The Kier molecular flexibility index (Phi) is 5.93. The lowest BCUT2D eigenvalue weighted by molar-refractivity contribution is 0.0602. The molecule has 0 radical (unpaired) electrons. The van der Waals surface area contributed by atoms with Crippen molar-refractivity contribution < 1.29 is 9.53 Å². The summed E-state index contributed by atoms with van der Waals surface area (Å²) in [4.78, 5) is 17.2. The molecule has 132 valence electrons. The van der Waals surface area contributed by atoms with Gasteiger partial charge in [0.2, 0.25) is 0 Å². The van der Waals surface area contributed by atoms with E-state index in [4.69, 9.17) is 17.0 Å². The number of esters is 1. The van der Waals surface area contributed by atoms with Crippen LogP contribution in [0, 0.1) is 0 Å². The van der Waals surface area contributed by atoms with Gasteiger partial charge < -0.3 is 15.4 Å². The summed E-state index contributed by atoms with van der Waals surface area (Å²) < 4.78 is 4.89. The molecule has 0 saturated carbocycles. The predicted molar refractivity (Wildman–Crippen MR) is 109 cm³/mol. The highest BCUT2D eigenvalue weighted by Crippen LogP contribution is 2.30. The fourth-order valence-corrected chi connectivity index (χ4v) is 3.75. The van der Waals surface area contributed by atoms with E-state index in [0.717, 1.165) is 17.0 Å². The lowest BCUT2D eigenvalue weighted by Gasteiger charge is -2.09. The molecule has 7 heteroatoms. The van der Waals surface area contributed by atoms with E-state index in [-0.39, 0.29) is 0 Å². The van der Waals surface area contributed by atoms with Gasteiger partial charge in [0.05, 0.1) is 24.6 Å². The van der Waals surface area contributed by atoms with Gasteiger partial charge in [0.15, 0.2) is 5.11 Å². The topological polar surface area (TPSA) is 63.2 Å². The van der Waals surface area contributed by atoms with Crippen LogP contribution >= 0.6 is 23.6 Å². The number of aromatic nitrogens is 1. The zero-order chi connectivity index (χ0) is 18.4. The Morgan fingerprint density at radius 3 is 2.69 bits per heavy atom. The third-order valence-corrected chi connectivity index (χ3v) is 4.81. The van der Waals surface area contributed by atoms with Crippen LogP contribution in [0.2, 0.25) is 0 Å². The number of thiocarbonyl (C=S) groups is 1. The molecular weight excluding hydrogens is 366 g/mol. The molecule has 0 bridgehead atoms. The number of ether oxygens (including phenoxy) is 1. The molecule has 0 unspecified atom stereocenters. The number of hydrogen-bond acceptors (Lipinski definition) is 5. The molecular formula is C19H17N3O2S2. The number of carbonyl (C=O) groups is 1. The van der Waals surface area contributed by atoms with E-state index in [1.165, 1.54) is 24.0 Å². The van der Waals surface area contributed by atoms with Gasteiger partial charge >= 0.3 is 5.97 Å². The molecule has 2 heterocycles. The summed E-state index contributed by atoms with van der Waals surface area (Å²) in [7, 11) is 1.37.